The van der Waals surface area contributed by atoms with Crippen LogP contribution < -0.4 is 10.9 Å². The molecule has 2 aromatic heterocycles. The first-order valence-corrected chi connectivity index (χ1v) is 12.1. The number of rotatable bonds is 6. The summed E-state index contributed by atoms with van der Waals surface area (Å²) in [7, 11) is 0. The fraction of sp³-hybridized carbons (Fsp3) is 0.174. The number of hydrogen-bond acceptors (Lipinski definition) is 7. The molecule has 0 unspecified atom stereocenters. The maximum absolute atomic E-state index is 13.6. The van der Waals surface area contributed by atoms with Gasteiger partial charge in [0.05, 0.1) is 21.7 Å². The number of amides is 1. The number of benzene rings is 2. The van der Waals surface area contributed by atoms with Crippen molar-refractivity contribution in [2.75, 3.05) is 11.1 Å². The molecule has 0 fully saturated rings. The van der Waals surface area contributed by atoms with Crippen LogP contribution in [0.1, 0.15) is 16.9 Å². The molecule has 1 amide bonds. The van der Waals surface area contributed by atoms with Crippen molar-refractivity contribution >= 4 is 50.6 Å². The van der Waals surface area contributed by atoms with Crippen LogP contribution in [0.4, 0.5) is 11.4 Å². The van der Waals surface area contributed by atoms with E-state index in [0.717, 1.165) is 36.6 Å². The first-order valence-electron chi connectivity index (χ1n) is 10.3. The number of carbonyl (C=O) groups is 1. The topological polar surface area (TPSA) is 107 Å². The smallest absolute Gasteiger partial charge is 0.292 e. The summed E-state index contributed by atoms with van der Waals surface area (Å²) in [5, 5.41) is 14.9. The van der Waals surface area contributed by atoms with Crippen LogP contribution in [0.5, 0.6) is 0 Å². The van der Waals surface area contributed by atoms with Crippen molar-refractivity contribution in [1.29, 1.82) is 0 Å². The van der Waals surface area contributed by atoms with E-state index < -0.39 is 10.8 Å². The van der Waals surface area contributed by atoms with E-state index in [0.29, 0.717) is 21.1 Å². The lowest BCUT2D eigenvalue weighted by Gasteiger charge is -2.12. The summed E-state index contributed by atoms with van der Waals surface area (Å²) in [5.74, 6) is -0.473. The highest BCUT2D eigenvalue weighted by Crippen LogP contribution is 2.36. The van der Waals surface area contributed by atoms with Crippen LogP contribution in [-0.2, 0) is 17.6 Å². The first-order chi connectivity index (χ1) is 16.0. The van der Waals surface area contributed by atoms with Gasteiger partial charge in [-0.05, 0) is 43.0 Å². The first kappa shape index (κ1) is 21.4. The number of para-hydroxylation sites is 3. The van der Waals surface area contributed by atoms with Gasteiger partial charge in [0, 0.05) is 10.9 Å². The number of thiophene rings is 1. The lowest BCUT2D eigenvalue weighted by Crippen LogP contribution is -2.23. The maximum Gasteiger partial charge on any atom is 0.292 e. The highest BCUT2D eigenvalue weighted by atomic mass is 32.2. The zero-order valence-electron chi connectivity index (χ0n) is 17.3. The Labute approximate surface area is 196 Å². The van der Waals surface area contributed by atoms with Gasteiger partial charge in [0.25, 0.3) is 11.2 Å². The Morgan fingerprint density at radius 3 is 2.70 bits per heavy atom. The number of nitrogens with one attached hydrogen (secondary N) is 1. The molecule has 1 aliphatic carbocycles. The minimum atomic E-state index is -0.540. The van der Waals surface area contributed by atoms with Crippen LogP contribution in [0.25, 0.3) is 15.9 Å². The number of thioether (sulfide) groups is 1. The molecule has 0 saturated heterocycles. The minimum absolute atomic E-state index is 0.0537. The number of aromatic nitrogens is 2. The molecule has 0 aliphatic heterocycles. The van der Waals surface area contributed by atoms with Crippen molar-refractivity contribution < 1.29 is 9.72 Å². The van der Waals surface area contributed by atoms with E-state index in [2.05, 4.69) is 5.32 Å². The molecule has 8 nitrogen and oxygen atoms in total. The lowest BCUT2D eigenvalue weighted by atomic mass is 10.2. The molecule has 0 bridgehead atoms. The van der Waals surface area contributed by atoms with Crippen LogP contribution in [-0.4, -0.2) is 26.1 Å². The van der Waals surface area contributed by atoms with Gasteiger partial charge >= 0.3 is 0 Å². The number of anilines is 1. The highest BCUT2D eigenvalue weighted by Gasteiger charge is 2.24. The van der Waals surface area contributed by atoms with Crippen molar-refractivity contribution in [3.05, 3.63) is 85.5 Å². The number of nitrogens with zero attached hydrogens (tertiary/aromatic N) is 3. The SMILES string of the molecule is O=C(CSc1nc2sc3c(c2c(=O)n1-c1ccccc1)CCC3)Nc1ccccc1[N+](=O)[O-]. The number of hydrogen-bond donors (Lipinski definition) is 1. The van der Waals surface area contributed by atoms with E-state index in [1.54, 1.807) is 28.0 Å². The molecule has 0 atom stereocenters. The van der Waals surface area contributed by atoms with Gasteiger partial charge in [-0.2, -0.15) is 0 Å². The Bertz CT molecular complexity index is 1450. The molecular formula is C23H18N4O4S2. The molecular weight excluding hydrogens is 460 g/mol. The van der Waals surface area contributed by atoms with E-state index in [1.807, 2.05) is 30.3 Å². The van der Waals surface area contributed by atoms with E-state index in [9.17, 15) is 19.7 Å². The fourth-order valence-electron chi connectivity index (χ4n) is 3.98. The molecule has 0 saturated carbocycles. The highest BCUT2D eigenvalue weighted by molar-refractivity contribution is 7.99. The Kier molecular flexibility index (Phi) is 5.69. The zero-order chi connectivity index (χ0) is 22.9. The standard InChI is InChI=1S/C23H18N4O4S2/c28-19(24-16-10-4-5-11-17(16)27(30)31)13-32-23-25-21-20(15-9-6-12-18(15)33-21)22(29)26(23)14-7-2-1-3-8-14/h1-5,7-8,10-11H,6,9,12-13H2,(H,24,28). The number of nitro benzene ring substituents is 1. The molecule has 1 aliphatic rings. The van der Waals surface area contributed by atoms with Gasteiger partial charge in [-0.1, -0.05) is 42.1 Å². The molecule has 33 heavy (non-hydrogen) atoms. The Morgan fingerprint density at radius 2 is 1.91 bits per heavy atom. The molecule has 2 heterocycles. The van der Waals surface area contributed by atoms with Crippen molar-refractivity contribution in [1.82, 2.24) is 9.55 Å². The third-order valence-corrected chi connectivity index (χ3v) is 7.55. The average molecular weight is 479 g/mol. The predicted molar refractivity (Wildman–Crippen MR) is 130 cm³/mol. The second kappa shape index (κ2) is 8.80. The average Bonchev–Trinajstić information content (AvgIpc) is 3.39. The van der Waals surface area contributed by atoms with Crippen LogP contribution in [0.2, 0.25) is 0 Å². The summed E-state index contributed by atoms with van der Waals surface area (Å²) in [6, 6.07) is 15.2. The molecule has 0 spiro atoms. The van der Waals surface area contributed by atoms with Gasteiger partial charge in [0.1, 0.15) is 10.5 Å². The van der Waals surface area contributed by atoms with E-state index in [1.165, 1.54) is 17.0 Å². The van der Waals surface area contributed by atoms with Crippen molar-refractivity contribution in [2.45, 2.75) is 24.4 Å². The van der Waals surface area contributed by atoms with E-state index in [-0.39, 0.29) is 22.7 Å². The zero-order valence-corrected chi connectivity index (χ0v) is 18.9. The van der Waals surface area contributed by atoms with Gasteiger partial charge in [0.2, 0.25) is 5.91 Å². The molecule has 4 aromatic rings. The minimum Gasteiger partial charge on any atom is -0.320 e. The van der Waals surface area contributed by atoms with Crippen LogP contribution in [0, 0.1) is 10.1 Å². The van der Waals surface area contributed by atoms with Crippen LogP contribution in [0.15, 0.2) is 64.5 Å². The Balaban J connectivity index is 1.49. The van der Waals surface area contributed by atoms with E-state index >= 15 is 0 Å². The van der Waals surface area contributed by atoms with Crippen molar-refractivity contribution in [3.63, 3.8) is 0 Å². The number of carbonyl (C=O) groups excluding carboxylic acids is 1. The summed E-state index contributed by atoms with van der Waals surface area (Å²) in [5.41, 5.74) is 1.60. The van der Waals surface area contributed by atoms with Gasteiger partial charge in [0.15, 0.2) is 5.16 Å². The third kappa shape index (κ3) is 4.03. The maximum atomic E-state index is 13.6. The van der Waals surface area contributed by atoms with Gasteiger partial charge in [-0.3, -0.25) is 24.3 Å². The molecule has 2 aromatic carbocycles. The van der Waals surface area contributed by atoms with Crippen LogP contribution in [0.3, 0.4) is 0 Å². The molecule has 10 heteroatoms. The second-order valence-corrected chi connectivity index (χ2v) is 9.55. The second-order valence-electron chi connectivity index (χ2n) is 7.52. The summed E-state index contributed by atoms with van der Waals surface area (Å²) in [6.07, 6.45) is 2.89. The predicted octanol–water partition coefficient (Wildman–Crippen LogP) is 4.57. The Hall–Kier alpha value is -3.50. The molecule has 5 rings (SSSR count). The van der Waals surface area contributed by atoms with Crippen molar-refractivity contribution in [3.8, 4) is 5.69 Å². The number of nitro groups is 1. The fourth-order valence-corrected chi connectivity index (χ4v) is 6.10. The number of fused-ring (bicyclic) bond motifs is 3. The van der Waals surface area contributed by atoms with Gasteiger partial charge in [-0.15, -0.1) is 11.3 Å². The summed E-state index contributed by atoms with van der Waals surface area (Å²) in [4.78, 5) is 43.5. The molecule has 0 radical (unpaired) electrons. The monoisotopic (exact) mass is 478 g/mol. The summed E-state index contributed by atoms with van der Waals surface area (Å²) >= 11 is 2.68. The van der Waals surface area contributed by atoms with Gasteiger partial charge in [-0.25, -0.2) is 4.98 Å². The largest absolute Gasteiger partial charge is 0.320 e. The van der Waals surface area contributed by atoms with Crippen molar-refractivity contribution in [2.24, 2.45) is 0 Å². The normalized spacial score (nSPS) is 12.6. The Morgan fingerprint density at radius 1 is 1.15 bits per heavy atom. The van der Waals surface area contributed by atoms with Gasteiger partial charge < -0.3 is 5.32 Å². The summed E-state index contributed by atoms with van der Waals surface area (Å²) in [6.45, 7) is 0. The lowest BCUT2D eigenvalue weighted by molar-refractivity contribution is -0.383. The van der Waals surface area contributed by atoms with Crippen LogP contribution >= 0.6 is 23.1 Å². The molecule has 166 valence electrons. The summed E-state index contributed by atoms with van der Waals surface area (Å²) < 4.78 is 1.55. The number of aryl methyl sites for hydroxylation is 2. The van der Waals surface area contributed by atoms with E-state index in [4.69, 9.17) is 4.98 Å². The third-order valence-electron chi connectivity index (χ3n) is 5.43. The quantitative estimate of drug-likeness (QED) is 0.188. The molecule has 1 N–H and O–H groups in total.